The molecule has 47 heavy (non-hydrogen) atoms. The third-order valence-corrected chi connectivity index (χ3v) is 9.10. The van der Waals surface area contributed by atoms with Crippen molar-refractivity contribution in [2.45, 2.75) is 226 Å². The first-order valence-corrected chi connectivity index (χ1v) is 20.5. The molecular formula is C41H81NO5. The van der Waals surface area contributed by atoms with Gasteiger partial charge in [-0.2, -0.15) is 0 Å². The fourth-order valence-electron chi connectivity index (χ4n) is 6.30. The summed E-state index contributed by atoms with van der Waals surface area (Å²) in [4.78, 5) is 26.9. The third-order valence-electron chi connectivity index (χ3n) is 9.10. The molecule has 0 aromatic carbocycles. The van der Waals surface area contributed by atoms with E-state index in [1.54, 1.807) is 0 Å². The van der Waals surface area contributed by atoms with Crippen molar-refractivity contribution in [1.29, 1.82) is 0 Å². The smallest absolute Gasteiger partial charge is 0.306 e. The Hall–Kier alpha value is -1.14. The number of esters is 2. The highest BCUT2D eigenvalue weighted by Crippen LogP contribution is 2.19. The molecule has 0 saturated heterocycles. The second-order valence-electron chi connectivity index (χ2n) is 15.1. The maximum Gasteiger partial charge on any atom is 0.306 e. The summed E-state index contributed by atoms with van der Waals surface area (Å²) >= 11 is 0. The van der Waals surface area contributed by atoms with Gasteiger partial charge in [-0.15, -0.1) is 0 Å². The monoisotopic (exact) mass is 668 g/mol. The minimum Gasteiger partial charge on any atom is -0.462 e. The Morgan fingerprint density at radius 2 is 0.915 bits per heavy atom. The van der Waals surface area contributed by atoms with Crippen molar-refractivity contribution in [2.75, 3.05) is 26.2 Å². The Morgan fingerprint density at radius 1 is 0.532 bits per heavy atom. The summed E-state index contributed by atoms with van der Waals surface area (Å²) in [6.45, 7) is 13.3. The largest absolute Gasteiger partial charge is 0.462 e. The van der Waals surface area contributed by atoms with Crippen LogP contribution in [-0.4, -0.2) is 59.9 Å². The number of hydrogen-bond acceptors (Lipinski definition) is 6. The second-order valence-corrected chi connectivity index (χ2v) is 15.1. The van der Waals surface area contributed by atoms with E-state index < -0.39 is 5.60 Å². The summed E-state index contributed by atoms with van der Waals surface area (Å²) < 4.78 is 11.4. The molecule has 0 amide bonds. The van der Waals surface area contributed by atoms with E-state index in [0.717, 1.165) is 90.3 Å². The summed E-state index contributed by atoms with van der Waals surface area (Å²) in [5.74, 6) is -0.0807. The highest BCUT2D eigenvalue weighted by molar-refractivity contribution is 5.70. The van der Waals surface area contributed by atoms with Crippen LogP contribution in [0.5, 0.6) is 0 Å². The zero-order valence-corrected chi connectivity index (χ0v) is 32.2. The molecule has 6 heteroatoms. The summed E-state index contributed by atoms with van der Waals surface area (Å²) in [6.07, 6.45) is 32.3. The maximum absolute atomic E-state index is 12.7. The lowest BCUT2D eigenvalue weighted by Crippen LogP contribution is -2.29. The van der Waals surface area contributed by atoms with Crippen LogP contribution in [0.15, 0.2) is 0 Å². The van der Waals surface area contributed by atoms with Crippen molar-refractivity contribution in [1.82, 2.24) is 4.90 Å². The van der Waals surface area contributed by atoms with Crippen LogP contribution < -0.4 is 0 Å². The van der Waals surface area contributed by atoms with Gasteiger partial charge in [-0.3, -0.25) is 9.59 Å². The lowest BCUT2D eigenvalue weighted by molar-refractivity contribution is -0.155. The van der Waals surface area contributed by atoms with E-state index in [1.165, 1.54) is 96.3 Å². The number of ether oxygens (including phenoxy) is 2. The molecule has 1 N–H and O–H groups in total. The van der Waals surface area contributed by atoms with E-state index in [0.29, 0.717) is 12.8 Å². The van der Waals surface area contributed by atoms with Crippen molar-refractivity contribution < 1.29 is 24.2 Å². The van der Waals surface area contributed by atoms with Crippen molar-refractivity contribution in [3.63, 3.8) is 0 Å². The highest BCUT2D eigenvalue weighted by Gasteiger charge is 2.16. The summed E-state index contributed by atoms with van der Waals surface area (Å²) in [7, 11) is 0. The first-order valence-electron chi connectivity index (χ1n) is 20.5. The summed E-state index contributed by atoms with van der Waals surface area (Å²) in [6, 6.07) is 0. The fraction of sp³-hybridized carbons (Fsp3) is 0.951. The number of rotatable bonds is 35. The summed E-state index contributed by atoms with van der Waals surface area (Å²) in [5, 5.41) is 9.50. The van der Waals surface area contributed by atoms with E-state index in [9.17, 15) is 14.7 Å². The quantitative estimate of drug-likeness (QED) is 0.0535. The van der Waals surface area contributed by atoms with Gasteiger partial charge in [-0.05, 0) is 85.2 Å². The zero-order valence-electron chi connectivity index (χ0n) is 32.2. The molecule has 0 aromatic heterocycles. The van der Waals surface area contributed by atoms with Crippen LogP contribution in [0.3, 0.4) is 0 Å². The molecule has 0 radical (unpaired) electrons. The van der Waals surface area contributed by atoms with E-state index >= 15 is 0 Å². The van der Waals surface area contributed by atoms with Crippen LogP contribution >= 0.6 is 0 Å². The standard InChI is InChI=1S/C41H81NO5/c1-6-8-10-12-14-15-19-25-31-38(30-24-18-13-11-9-7-2)46-39(44)32-26-20-16-22-28-34-42(36-37-43)35-29-23-17-21-27-33-40(45)47-41(3,4)5/h38,43H,6-37H2,1-5H3. The molecule has 1 atom stereocenters. The molecule has 0 aliphatic rings. The molecule has 0 rings (SSSR count). The molecule has 0 fully saturated rings. The maximum atomic E-state index is 12.7. The van der Waals surface area contributed by atoms with Crippen LogP contribution in [0.2, 0.25) is 0 Å². The zero-order chi connectivity index (χ0) is 34.9. The Kier molecular flexibility index (Phi) is 32.6. The van der Waals surface area contributed by atoms with Crippen molar-refractivity contribution >= 4 is 11.9 Å². The molecule has 0 aliphatic carbocycles. The second kappa shape index (κ2) is 33.4. The van der Waals surface area contributed by atoms with E-state index in [4.69, 9.17) is 9.47 Å². The topological polar surface area (TPSA) is 76.1 Å². The number of unbranched alkanes of at least 4 members (excludes halogenated alkanes) is 20. The number of nitrogens with zero attached hydrogens (tertiary/aromatic N) is 1. The van der Waals surface area contributed by atoms with E-state index in [-0.39, 0.29) is 24.6 Å². The van der Waals surface area contributed by atoms with Gasteiger partial charge in [0.25, 0.3) is 0 Å². The van der Waals surface area contributed by atoms with Crippen LogP contribution in [-0.2, 0) is 19.1 Å². The predicted molar refractivity (Wildman–Crippen MR) is 200 cm³/mol. The number of aliphatic hydroxyl groups is 1. The normalized spacial score (nSPS) is 12.5. The van der Waals surface area contributed by atoms with Gasteiger partial charge in [-0.1, -0.05) is 129 Å². The van der Waals surface area contributed by atoms with Gasteiger partial charge in [0.05, 0.1) is 6.61 Å². The molecule has 280 valence electrons. The van der Waals surface area contributed by atoms with Gasteiger partial charge in [0.1, 0.15) is 11.7 Å². The van der Waals surface area contributed by atoms with Gasteiger partial charge in [0.2, 0.25) is 0 Å². The van der Waals surface area contributed by atoms with Crippen molar-refractivity contribution in [3.05, 3.63) is 0 Å². The first kappa shape index (κ1) is 45.9. The molecule has 6 nitrogen and oxygen atoms in total. The Bertz CT molecular complexity index is 692. The van der Waals surface area contributed by atoms with Crippen LogP contribution in [0.25, 0.3) is 0 Å². The summed E-state index contributed by atoms with van der Waals surface area (Å²) in [5.41, 5.74) is -0.399. The van der Waals surface area contributed by atoms with Gasteiger partial charge in [0.15, 0.2) is 0 Å². The Balaban J connectivity index is 4.09. The fourth-order valence-corrected chi connectivity index (χ4v) is 6.30. The highest BCUT2D eigenvalue weighted by atomic mass is 16.6. The van der Waals surface area contributed by atoms with Gasteiger partial charge < -0.3 is 19.5 Å². The predicted octanol–water partition coefficient (Wildman–Crippen LogP) is 11.5. The average Bonchev–Trinajstić information content (AvgIpc) is 3.01. The Morgan fingerprint density at radius 3 is 1.34 bits per heavy atom. The molecule has 0 aromatic rings. The average molecular weight is 668 g/mol. The molecule has 0 aliphatic heterocycles. The molecule has 0 bridgehead atoms. The molecule has 0 spiro atoms. The van der Waals surface area contributed by atoms with Gasteiger partial charge >= 0.3 is 11.9 Å². The Labute approximate surface area is 292 Å². The lowest BCUT2D eigenvalue weighted by atomic mass is 10.0. The van der Waals surface area contributed by atoms with Crippen molar-refractivity contribution in [3.8, 4) is 0 Å². The third kappa shape index (κ3) is 34.5. The minimum absolute atomic E-state index is 0.0134. The molecule has 0 heterocycles. The van der Waals surface area contributed by atoms with Crippen LogP contribution in [0.4, 0.5) is 0 Å². The van der Waals surface area contributed by atoms with Crippen LogP contribution in [0, 0.1) is 0 Å². The van der Waals surface area contributed by atoms with Crippen LogP contribution in [0.1, 0.15) is 214 Å². The van der Waals surface area contributed by atoms with Gasteiger partial charge in [-0.25, -0.2) is 0 Å². The SMILES string of the molecule is CCCCCCCCCCC(CCCCCCCC)OC(=O)CCCCCCCN(CCO)CCCCCCCC(=O)OC(C)(C)C. The van der Waals surface area contributed by atoms with Gasteiger partial charge in [0, 0.05) is 19.4 Å². The number of hydrogen-bond donors (Lipinski definition) is 1. The van der Waals surface area contributed by atoms with E-state index in [1.807, 2.05) is 20.8 Å². The first-order chi connectivity index (χ1) is 22.7. The lowest BCUT2D eigenvalue weighted by Gasteiger charge is -2.21. The number of carbonyl (C=O) groups excluding carboxylic acids is 2. The molecule has 1 unspecified atom stereocenters. The van der Waals surface area contributed by atoms with Crippen molar-refractivity contribution in [2.24, 2.45) is 0 Å². The van der Waals surface area contributed by atoms with E-state index in [2.05, 4.69) is 18.7 Å². The number of aliphatic hydroxyl groups excluding tert-OH is 1. The number of carbonyl (C=O) groups is 2. The minimum atomic E-state index is -0.399. The molecular weight excluding hydrogens is 586 g/mol. The molecule has 0 saturated carbocycles.